The standard InChI is InChI=1S/C15H22N2O/c1-15(2,3)13(16)14(18)17-9-11-8-10-6-4-5-7-12(10)11/h4-7,11,13H,8-9,16H2,1-3H3,(H,17,18)/t11?,13-/m0/s1. The molecule has 0 heterocycles. The van der Waals surface area contributed by atoms with E-state index >= 15 is 0 Å². The molecule has 3 nitrogen and oxygen atoms in total. The van der Waals surface area contributed by atoms with Crippen molar-refractivity contribution in [2.45, 2.75) is 39.2 Å². The Balaban J connectivity index is 1.86. The maximum atomic E-state index is 11.9. The second kappa shape index (κ2) is 4.73. The maximum Gasteiger partial charge on any atom is 0.237 e. The summed E-state index contributed by atoms with van der Waals surface area (Å²) in [6, 6.07) is 7.94. The van der Waals surface area contributed by atoms with Crippen LogP contribution >= 0.6 is 0 Å². The first kappa shape index (κ1) is 13.1. The Labute approximate surface area is 109 Å². The van der Waals surface area contributed by atoms with Crippen molar-refractivity contribution >= 4 is 5.91 Å². The molecule has 1 amide bonds. The van der Waals surface area contributed by atoms with Crippen LogP contribution in [0.15, 0.2) is 24.3 Å². The molecule has 2 rings (SSSR count). The van der Waals surface area contributed by atoms with E-state index in [0.717, 1.165) is 6.42 Å². The number of nitrogens with one attached hydrogen (secondary N) is 1. The van der Waals surface area contributed by atoms with E-state index in [-0.39, 0.29) is 11.3 Å². The van der Waals surface area contributed by atoms with E-state index in [0.29, 0.717) is 12.5 Å². The minimum atomic E-state index is -0.451. The molecule has 0 aliphatic heterocycles. The third kappa shape index (κ3) is 2.56. The van der Waals surface area contributed by atoms with Crippen LogP contribution in [0, 0.1) is 5.41 Å². The lowest BCUT2D eigenvalue weighted by Crippen LogP contribution is -2.49. The molecule has 0 radical (unpaired) electrons. The van der Waals surface area contributed by atoms with Gasteiger partial charge in [0.1, 0.15) is 0 Å². The Bertz CT molecular complexity index is 448. The summed E-state index contributed by atoms with van der Waals surface area (Å²) < 4.78 is 0. The van der Waals surface area contributed by atoms with Crippen molar-refractivity contribution < 1.29 is 4.79 Å². The van der Waals surface area contributed by atoms with Gasteiger partial charge < -0.3 is 11.1 Å². The number of rotatable bonds is 3. The van der Waals surface area contributed by atoms with E-state index in [1.807, 2.05) is 26.8 Å². The first-order valence-electron chi connectivity index (χ1n) is 6.50. The summed E-state index contributed by atoms with van der Waals surface area (Å²) in [7, 11) is 0. The molecule has 1 unspecified atom stereocenters. The lowest BCUT2D eigenvalue weighted by molar-refractivity contribution is -0.124. The number of carbonyl (C=O) groups excluding carboxylic acids is 1. The van der Waals surface area contributed by atoms with E-state index in [1.54, 1.807) is 0 Å². The zero-order valence-electron chi connectivity index (χ0n) is 11.4. The zero-order chi connectivity index (χ0) is 13.3. The summed E-state index contributed by atoms with van der Waals surface area (Å²) in [5, 5.41) is 2.97. The van der Waals surface area contributed by atoms with E-state index < -0.39 is 6.04 Å². The number of amides is 1. The van der Waals surface area contributed by atoms with E-state index in [9.17, 15) is 4.79 Å². The quantitative estimate of drug-likeness (QED) is 0.854. The molecule has 18 heavy (non-hydrogen) atoms. The molecule has 0 fully saturated rings. The predicted octanol–water partition coefficient (Wildman–Crippen LogP) is 1.82. The van der Waals surface area contributed by atoms with Crippen LogP contribution in [0.5, 0.6) is 0 Å². The van der Waals surface area contributed by atoms with Gasteiger partial charge in [0.05, 0.1) is 6.04 Å². The SMILES string of the molecule is CC(C)(C)[C@@H](N)C(=O)NCC1Cc2ccccc21. The van der Waals surface area contributed by atoms with Crippen molar-refractivity contribution in [3.05, 3.63) is 35.4 Å². The lowest BCUT2D eigenvalue weighted by atomic mass is 9.77. The Morgan fingerprint density at radius 1 is 1.44 bits per heavy atom. The molecule has 1 aromatic rings. The summed E-state index contributed by atoms with van der Waals surface area (Å²) in [6.45, 7) is 6.64. The summed E-state index contributed by atoms with van der Waals surface area (Å²) in [6.07, 6.45) is 1.06. The van der Waals surface area contributed by atoms with Crippen molar-refractivity contribution in [2.75, 3.05) is 6.54 Å². The van der Waals surface area contributed by atoms with Crippen molar-refractivity contribution in [2.24, 2.45) is 11.1 Å². The summed E-state index contributed by atoms with van der Waals surface area (Å²) >= 11 is 0. The highest BCUT2D eigenvalue weighted by atomic mass is 16.2. The van der Waals surface area contributed by atoms with Crippen molar-refractivity contribution in [1.82, 2.24) is 5.32 Å². The fraction of sp³-hybridized carbons (Fsp3) is 0.533. The topological polar surface area (TPSA) is 55.1 Å². The van der Waals surface area contributed by atoms with Crippen LogP contribution in [0.1, 0.15) is 37.8 Å². The normalized spacial score (nSPS) is 19.7. The highest BCUT2D eigenvalue weighted by molar-refractivity contribution is 5.82. The van der Waals surface area contributed by atoms with Gasteiger partial charge in [-0.1, -0.05) is 45.0 Å². The molecule has 98 valence electrons. The highest BCUT2D eigenvalue weighted by Crippen LogP contribution is 2.34. The minimum absolute atomic E-state index is 0.0492. The summed E-state index contributed by atoms with van der Waals surface area (Å²) in [5.74, 6) is 0.407. The fourth-order valence-corrected chi connectivity index (χ4v) is 2.27. The fourth-order valence-electron chi connectivity index (χ4n) is 2.27. The van der Waals surface area contributed by atoms with Gasteiger partial charge in [-0.2, -0.15) is 0 Å². The Morgan fingerprint density at radius 2 is 2.11 bits per heavy atom. The van der Waals surface area contributed by atoms with Crippen molar-refractivity contribution in [1.29, 1.82) is 0 Å². The van der Waals surface area contributed by atoms with Crippen LogP contribution in [0.25, 0.3) is 0 Å². The van der Waals surface area contributed by atoms with Gasteiger partial charge in [-0.25, -0.2) is 0 Å². The smallest absolute Gasteiger partial charge is 0.237 e. The Morgan fingerprint density at radius 3 is 2.72 bits per heavy atom. The van der Waals surface area contributed by atoms with Gasteiger partial charge >= 0.3 is 0 Å². The van der Waals surface area contributed by atoms with Gasteiger partial charge in [0.25, 0.3) is 0 Å². The van der Waals surface area contributed by atoms with E-state index in [1.165, 1.54) is 11.1 Å². The highest BCUT2D eigenvalue weighted by Gasteiger charge is 2.30. The van der Waals surface area contributed by atoms with Crippen LogP contribution in [0.3, 0.4) is 0 Å². The molecule has 0 saturated carbocycles. The number of nitrogens with two attached hydrogens (primary N) is 1. The Hall–Kier alpha value is -1.35. The number of hydrogen-bond donors (Lipinski definition) is 2. The molecular weight excluding hydrogens is 224 g/mol. The average molecular weight is 246 g/mol. The van der Waals surface area contributed by atoms with Gasteiger partial charge in [0, 0.05) is 12.5 Å². The van der Waals surface area contributed by atoms with Gasteiger partial charge in [0.2, 0.25) is 5.91 Å². The molecule has 0 aromatic heterocycles. The maximum absolute atomic E-state index is 11.9. The number of benzene rings is 1. The van der Waals surface area contributed by atoms with Gasteiger partial charge in [-0.05, 0) is 23.0 Å². The van der Waals surface area contributed by atoms with Gasteiger partial charge in [0.15, 0.2) is 0 Å². The lowest BCUT2D eigenvalue weighted by Gasteiger charge is -2.32. The molecule has 0 saturated heterocycles. The summed E-state index contributed by atoms with van der Waals surface area (Å²) in [4.78, 5) is 11.9. The molecule has 2 atom stereocenters. The molecule has 1 aromatic carbocycles. The van der Waals surface area contributed by atoms with Crippen LogP contribution in [0.2, 0.25) is 0 Å². The first-order chi connectivity index (χ1) is 8.39. The van der Waals surface area contributed by atoms with Crippen LogP contribution in [0.4, 0.5) is 0 Å². The molecule has 3 N–H and O–H groups in total. The number of fused-ring (bicyclic) bond motifs is 1. The number of hydrogen-bond acceptors (Lipinski definition) is 2. The predicted molar refractivity (Wildman–Crippen MR) is 73.3 cm³/mol. The minimum Gasteiger partial charge on any atom is -0.354 e. The monoisotopic (exact) mass is 246 g/mol. The summed E-state index contributed by atoms with van der Waals surface area (Å²) in [5.41, 5.74) is 8.49. The third-order valence-electron chi connectivity index (χ3n) is 3.70. The Kier molecular flexibility index (Phi) is 3.44. The second-order valence-electron chi connectivity index (χ2n) is 6.19. The number of carbonyl (C=O) groups is 1. The average Bonchev–Trinajstić information content (AvgIpc) is 2.28. The van der Waals surface area contributed by atoms with Crippen molar-refractivity contribution in [3.8, 4) is 0 Å². The molecule has 3 heteroatoms. The third-order valence-corrected chi connectivity index (χ3v) is 3.70. The first-order valence-corrected chi connectivity index (χ1v) is 6.50. The van der Waals surface area contributed by atoms with E-state index in [2.05, 4.69) is 23.5 Å². The van der Waals surface area contributed by atoms with Crippen LogP contribution < -0.4 is 11.1 Å². The molecule has 0 bridgehead atoms. The molecule has 1 aliphatic carbocycles. The van der Waals surface area contributed by atoms with Crippen LogP contribution in [-0.4, -0.2) is 18.5 Å². The molecule has 1 aliphatic rings. The molecular formula is C15H22N2O. The van der Waals surface area contributed by atoms with Gasteiger partial charge in [-0.15, -0.1) is 0 Å². The van der Waals surface area contributed by atoms with Gasteiger partial charge in [-0.3, -0.25) is 4.79 Å². The molecule has 0 spiro atoms. The second-order valence-corrected chi connectivity index (χ2v) is 6.19. The van der Waals surface area contributed by atoms with Crippen LogP contribution in [-0.2, 0) is 11.2 Å². The zero-order valence-corrected chi connectivity index (χ0v) is 11.4. The van der Waals surface area contributed by atoms with Crippen molar-refractivity contribution in [3.63, 3.8) is 0 Å². The van der Waals surface area contributed by atoms with E-state index in [4.69, 9.17) is 5.73 Å². The largest absolute Gasteiger partial charge is 0.354 e.